The van der Waals surface area contributed by atoms with Crippen LogP contribution in [-0.4, -0.2) is 21.7 Å². The number of aromatic nitrogens is 1. The molecule has 1 aliphatic heterocycles. The third-order valence-electron chi connectivity index (χ3n) is 4.76. The Labute approximate surface area is 161 Å². The first-order valence-electron chi connectivity index (χ1n) is 8.94. The second-order valence-corrected chi connectivity index (χ2v) is 6.63. The van der Waals surface area contributed by atoms with Crippen molar-refractivity contribution >= 4 is 11.8 Å². The smallest absolute Gasteiger partial charge is 0.255 e. The van der Waals surface area contributed by atoms with Crippen molar-refractivity contribution in [1.82, 2.24) is 15.2 Å². The van der Waals surface area contributed by atoms with E-state index in [9.17, 15) is 14.0 Å². The Hall–Kier alpha value is -3.54. The van der Waals surface area contributed by atoms with Gasteiger partial charge < -0.3 is 10.2 Å². The van der Waals surface area contributed by atoms with E-state index in [-0.39, 0.29) is 24.2 Å². The van der Waals surface area contributed by atoms with Gasteiger partial charge in [-0.3, -0.25) is 14.6 Å². The van der Waals surface area contributed by atoms with Gasteiger partial charge in [-0.2, -0.15) is 0 Å². The van der Waals surface area contributed by atoms with Crippen molar-refractivity contribution in [2.24, 2.45) is 0 Å². The number of amides is 2. The summed E-state index contributed by atoms with van der Waals surface area (Å²) in [6, 6.07) is 16.0. The van der Waals surface area contributed by atoms with Crippen LogP contribution in [-0.2, 0) is 17.9 Å². The highest BCUT2D eigenvalue weighted by molar-refractivity contribution is 6.04. The molecule has 2 aromatic carbocycles. The van der Waals surface area contributed by atoms with Crippen molar-refractivity contribution in [3.05, 3.63) is 101 Å². The van der Waals surface area contributed by atoms with E-state index in [0.29, 0.717) is 17.7 Å². The largest absolute Gasteiger partial charge is 0.350 e. The molecule has 28 heavy (non-hydrogen) atoms. The lowest BCUT2D eigenvalue weighted by Gasteiger charge is -2.25. The van der Waals surface area contributed by atoms with Gasteiger partial charge in [-0.15, -0.1) is 0 Å². The van der Waals surface area contributed by atoms with Crippen LogP contribution >= 0.6 is 0 Å². The van der Waals surface area contributed by atoms with E-state index in [1.54, 1.807) is 48.8 Å². The number of fused-ring (bicyclic) bond motifs is 1. The molecule has 4 rings (SSSR count). The molecule has 5 nitrogen and oxygen atoms in total. The Kier molecular flexibility index (Phi) is 4.85. The highest BCUT2D eigenvalue weighted by Gasteiger charge is 2.40. The fraction of sp³-hybridized carbons (Fsp3) is 0.136. The summed E-state index contributed by atoms with van der Waals surface area (Å²) in [7, 11) is 0. The first kappa shape index (κ1) is 17.9. The van der Waals surface area contributed by atoms with Crippen LogP contribution in [0.25, 0.3) is 0 Å². The van der Waals surface area contributed by atoms with Gasteiger partial charge in [0.25, 0.3) is 5.91 Å². The van der Waals surface area contributed by atoms with Gasteiger partial charge in [0, 0.05) is 31.0 Å². The van der Waals surface area contributed by atoms with Gasteiger partial charge in [-0.25, -0.2) is 4.39 Å². The molecule has 2 heterocycles. The van der Waals surface area contributed by atoms with Gasteiger partial charge in [0.2, 0.25) is 5.91 Å². The van der Waals surface area contributed by atoms with Crippen LogP contribution in [0.3, 0.4) is 0 Å². The number of carbonyl (C=O) groups is 2. The molecule has 1 unspecified atom stereocenters. The van der Waals surface area contributed by atoms with E-state index in [0.717, 1.165) is 11.1 Å². The lowest BCUT2D eigenvalue weighted by Crippen LogP contribution is -2.38. The number of nitrogens with zero attached hydrogens (tertiary/aromatic N) is 2. The Morgan fingerprint density at radius 3 is 2.57 bits per heavy atom. The highest BCUT2D eigenvalue weighted by atomic mass is 19.1. The summed E-state index contributed by atoms with van der Waals surface area (Å²) in [5.74, 6) is -0.809. The molecule has 140 valence electrons. The van der Waals surface area contributed by atoms with Crippen LogP contribution in [0.15, 0.2) is 73.1 Å². The molecule has 0 bridgehead atoms. The fourth-order valence-corrected chi connectivity index (χ4v) is 3.39. The predicted octanol–water partition coefficient (Wildman–Crippen LogP) is 3.23. The summed E-state index contributed by atoms with van der Waals surface area (Å²) in [6.07, 6.45) is 3.35. The lowest BCUT2D eigenvalue weighted by molar-refractivity contribution is -0.125. The van der Waals surface area contributed by atoms with Crippen molar-refractivity contribution in [1.29, 1.82) is 0 Å². The van der Waals surface area contributed by atoms with Crippen molar-refractivity contribution in [3.63, 3.8) is 0 Å². The molecule has 0 fully saturated rings. The van der Waals surface area contributed by atoms with Crippen molar-refractivity contribution in [2.75, 3.05) is 0 Å². The molecule has 1 N–H and O–H groups in total. The monoisotopic (exact) mass is 375 g/mol. The van der Waals surface area contributed by atoms with Crippen LogP contribution in [0.4, 0.5) is 4.39 Å². The number of carbonyl (C=O) groups excluding carboxylic acids is 2. The lowest BCUT2D eigenvalue weighted by atomic mass is 10.0. The van der Waals surface area contributed by atoms with Crippen LogP contribution in [0.2, 0.25) is 0 Å². The molecule has 0 aliphatic carbocycles. The number of halogens is 1. The first-order chi connectivity index (χ1) is 13.6. The van der Waals surface area contributed by atoms with Crippen LogP contribution in [0.1, 0.15) is 33.1 Å². The molecule has 3 aromatic rings. The van der Waals surface area contributed by atoms with Gasteiger partial charge in [-0.05, 0) is 41.0 Å². The maximum Gasteiger partial charge on any atom is 0.255 e. The molecular weight excluding hydrogens is 357 g/mol. The molecule has 1 aliphatic rings. The van der Waals surface area contributed by atoms with Gasteiger partial charge in [0.1, 0.15) is 11.9 Å². The summed E-state index contributed by atoms with van der Waals surface area (Å²) in [6.45, 7) is 0.544. The molecule has 0 spiro atoms. The fourth-order valence-electron chi connectivity index (χ4n) is 3.39. The second kappa shape index (κ2) is 7.60. The minimum atomic E-state index is -0.731. The molecule has 1 aromatic heterocycles. The second-order valence-electron chi connectivity index (χ2n) is 6.63. The normalized spacial score (nSPS) is 15.4. The maximum atomic E-state index is 13.2. The number of rotatable bonds is 5. The third-order valence-corrected chi connectivity index (χ3v) is 4.76. The van der Waals surface area contributed by atoms with Crippen LogP contribution in [0, 0.1) is 5.82 Å². The summed E-state index contributed by atoms with van der Waals surface area (Å²) in [4.78, 5) is 31.5. The topological polar surface area (TPSA) is 62.3 Å². The number of hydrogen-bond donors (Lipinski definition) is 1. The zero-order valence-electron chi connectivity index (χ0n) is 15.0. The average Bonchev–Trinajstić information content (AvgIpc) is 3.01. The van der Waals surface area contributed by atoms with E-state index >= 15 is 0 Å². The van der Waals surface area contributed by atoms with E-state index < -0.39 is 6.04 Å². The van der Waals surface area contributed by atoms with Crippen molar-refractivity contribution in [3.8, 4) is 0 Å². The van der Waals surface area contributed by atoms with Gasteiger partial charge in [0.05, 0.1) is 0 Å². The number of hydrogen-bond acceptors (Lipinski definition) is 3. The molecule has 6 heteroatoms. The molecule has 0 saturated carbocycles. The minimum absolute atomic E-state index is 0.207. The Bertz CT molecular complexity index is 1010. The molecule has 0 saturated heterocycles. The Morgan fingerprint density at radius 1 is 1.04 bits per heavy atom. The first-order valence-corrected chi connectivity index (χ1v) is 8.94. The standard InChI is InChI=1S/C22H18FN3O2/c23-17-9-7-15(8-10-17)14-26-20(18-5-1-2-6-19(18)22(26)28)21(27)25-13-16-4-3-11-24-12-16/h1-12,20H,13-14H2,(H,25,27). The summed E-state index contributed by atoms with van der Waals surface area (Å²) in [5, 5.41) is 2.89. The number of nitrogens with one attached hydrogen (secondary N) is 1. The van der Waals surface area contributed by atoms with Crippen LogP contribution in [0.5, 0.6) is 0 Å². The Balaban J connectivity index is 1.59. The van der Waals surface area contributed by atoms with Crippen molar-refractivity contribution < 1.29 is 14.0 Å². The average molecular weight is 375 g/mol. The number of pyridine rings is 1. The minimum Gasteiger partial charge on any atom is -0.350 e. The molecular formula is C22H18FN3O2. The van der Waals surface area contributed by atoms with Crippen LogP contribution < -0.4 is 5.32 Å². The Morgan fingerprint density at radius 2 is 1.82 bits per heavy atom. The zero-order valence-corrected chi connectivity index (χ0v) is 15.0. The quantitative estimate of drug-likeness (QED) is 0.745. The van der Waals surface area contributed by atoms with Gasteiger partial charge in [0.15, 0.2) is 0 Å². The molecule has 0 radical (unpaired) electrons. The highest BCUT2D eigenvalue weighted by Crippen LogP contribution is 2.35. The third kappa shape index (κ3) is 3.49. The van der Waals surface area contributed by atoms with E-state index in [4.69, 9.17) is 0 Å². The summed E-state index contributed by atoms with van der Waals surface area (Å²) >= 11 is 0. The predicted molar refractivity (Wildman–Crippen MR) is 102 cm³/mol. The molecule has 2 amide bonds. The summed E-state index contributed by atoms with van der Waals surface area (Å²) in [5.41, 5.74) is 2.83. The number of benzene rings is 2. The van der Waals surface area contributed by atoms with E-state index in [1.807, 2.05) is 12.1 Å². The molecule has 1 atom stereocenters. The van der Waals surface area contributed by atoms with Gasteiger partial charge in [-0.1, -0.05) is 36.4 Å². The SMILES string of the molecule is O=C(NCc1cccnc1)C1c2ccccc2C(=O)N1Cc1ccc(F)cc1. The van der Waals surface area contributed by atoms with E-state index in [1.165, 1.54) is 17.0 Å². The van der Waals surface area contributed by atoms with E-state index in [2.05, 4.69) is 10.3 Å². The zero-order chi connectivity index (χ0) is 19.5. The maximum absolute atomic E-state index is 13.2. The summed E-state index contributed by atoms with van der Waals surface area (Å²) < 4.78 is 13.2. The van der Waals surface area contributed by atoms with Gasteiger partial charge >= 0.3 is 0 Å². The van der Waals surface area contributed by atoms with Crippen molar-refractivity contribution in [2.45, 2.75) is 19.1 Å².